The number of halogens is 1. The van der Waals surface area contributed by atoms with E-state index in [0.717, 1.165) is 0 Å². The predicted octanol–water partition coefficient (Wildman–Crippen LogP) is 1.06. The Labute approximate surface area is 591 Å². The molecule has 14 N–H and O–H groups in total. The number of carbonyl (C=O) groups excluding carboxylic acids is 7. The van der Waals surface area contributed by atoms with Gasteiger partial charge in [0.15, 0.2) is 0 Å². The number of nitrogens with zero attached hydrogens (tertiary/aromatic N) is 4. The zero-order valence-electron chi connectivity index (χ0n) is 58.7. The second-order valence-electron chi connectivity index (χ2n) is 27.5. The number of ketones is 2. The second-order valence-corrected chi connectivity index (χ2v) is 32.4. The van der Waals surface area contributed by atoms with E-state index in [1.165, 1.54) is 43.9 Å². The molecular weight excluding hydrogens is 1370 g/mol. The van der Waals surface area contributed by atoms with Crippen molar-refractivity contribution in [2.24, 2.45) is 11.8 Å². The Morgan fingerprint density at radius 1 is 0.431 bits per heavy atom. The van der Waals surface area contributed by atoms with Gasteiger partial charge in [-0.3, -0.25) is 86.7 Å². The van der Waals surface area contributed by atoms with Gasteiger partial charge in [-0.1, -0.05) is 60.1 Å². The third-order valence-electron chi connectivity index (χ3n) is 17.4. The van der Waals surface area contributed by atoms with E-state index in [1.807, 2.05) is 0 Å². The van der Waals surface area contributed by atoms with Crippen LogP contribution in [0.4, 0.5) is 4.11 Å². The maximum absolute atomic E-state index is 17.2. The lowest BCUT2D eigenvalue weighted by Crippen LogP contribution is -2.58. The van der Waals surface area contributed by atoms with Crippen LogP contribution in [0, 0.1) is 11.8 Å². The standard InChI is InChI=1S/C66H102FN9O25Si/c1-65(2,3)102(67,66(4,5)6)46-19-14-41(15-20-46)58(90)72-49(37-69-52(80)24-21-50(64(100)101)76-33-31-74(39-56(86)87)29-27-73(38-55(84)85)28-30-75(32-34-76)40-57(88)89)59(91)71-48(63(98)99)13-9-10-26-68-51(79)23-18-44(77)11-7-8-12-47(62(96)97)70-53(81)22-16-42(60(92)93)35-45(78)36-43(61(94)95)17-25-54(82)83/h14-15,19-20,42-43,47-50H,7-13,16-18,21-40H2,1-6H3,(H,68,79)(H,69,80)(H,70,81)(H,71,91)(H,72,90)(H,82,83)(H,84,85)(H,86,87)(H,88,89)(H,92,93)(H,94,95)(H,96,97)(H,98,99)(H,100,101)/t42-,43-,47-,48+,49-,50-/m1/s1. The Morgan fingerprint density at radius 3 is 1.31 bits per heavy atom. The van der Waals surface area contributed by atoms with E-state index in [4.69, 9.17) is 5.11 Å². The molecule has 0 spiro atoms. The molecule has 102 heavy (non-hydrogen) atoms. The molecule has 36 heteroatoms. The van der Waals surface area contributed by atoms with Gasteiger partial charge in [-0.25, -0.2) is 9.59 Å². The molecule has 0 aromatic heterocycles. The van der Waals surface area contributed by atoms with Gasteiger partial charge < -0.3 is 76.7 Å². The summed E-state index contributed by atoms with van der Waals surface area (Å²) in [5.41, 5.74) is -0.0282. The zero-order valence-corrected chi connectivity index (χ0v) is 59.7. The molecule has 0 bridgehead atoms. The van der Waals surface area contributed by atoms with Gasteiger partial charge in [-0.05, 0) is 78.8 Å². The Morgan fingerprint density at radius 2 is 0.873 bits per heavy atom. The van der Waals surface area contributed by atoms with Crippen LogP contribution in [-0.4, -0.2) is 278 Å². The fourth-order valence-electron chi connectivity index (χ4n) is 12.0. The number of aliphatic carboxylic acids is 9. The third-order valence-corrected chi connectivity index (χ3v) is 22.7. The average Bonchev–Trinajstić information content (AvgIpc) is 0.748. The minimum Gasteiger partial charge on any atom is -0.481 e. The van der Waals surface area contributed by atoms with Gasteiger partial charge in [0.05, 0.1) is 31.5 Å². The highest BCUT2D eigenvalue weighted by atomic mass is 28.4. The molecular formula is C66H102FN9O25Si. The minimum absolute atomic E-state index is 0.0109. The largest absolute Gasteiger partial charge is 0.481 e. The predicted molar refractivity (Wildman–Crippen MR) is 362 cm³/mol. The van der Waals surface area contributed by atoms with Gasteiger partial charge in [-0.2, -0.15) is 0 Å². The van der Waals surface area contributed by atoms with Crippen LogP contribution in [0.15, 0.2) is 24.3 Å². The lowest BCUT2D eigenvalue weighted by Gasteiger charge is -2.44. The van der Waals surface area contributed by atoms with Crippen LogP contribution in [0.25, 0.3) is 0 Å². The first-order chi connectivity index (χ1) is 47.5. The van der Waals surface area contributed by atoms with Gasteiger partial charge in [0, 0.05) is 122 Å². The van der Waals surface area contributed by atoms with Crippen molar-refractivity contribution < 1.29 is 127 Å². The lowest BCUT2D eigenvalue weighted by atomic mass is 9.90. The lowest BCUT2D eigenvalue weighted by molar-refractivity contribution is -0.147. The molecule has 34 nitrogen and oxygen atoms in total. The van der Waals surface area contributed by atoms with Crippen LogP contribution in [0.3, 0.4) is 0 Å². The Balaban J connectivity index is 2.13. The first-order valence-electron chi connectivity index (χ1n) is 33.7. The molecule has 0 saturated carbocycles. The summed E-state index contributed by atoms with van der Waals surface area (Å²) in [5, 5.41) is 98.2. The van der Waals surface area contributed by atoms with Crippen molar-refractivity contribution in [2.45, 2.75) is 185 Å². The molecule has 5 amide bonds. The maximum atomic E-state index is 17.2. The molecule has 2 rings (SSSR count). The molecule has 1 heterocycles. The highest BCUT2D eigenvalue weighted by Crippen LogP contribution is 2.51. The number of benzene rings is 1. The molecule has 1 fully saturated rings. The number of Topliss-reactive ketones (excluding diaryl/α,β-unsaturated/α-hetero) is 2. The van der Waals surface area contributed by atoms with Crippen LogP contribution in [0.1, 0.15) is 161 Å². The Bertz CT molecular complexity index is 3040. The van der Waals surface area contributed by atoms with Crippen LogP contribution in [0.2, 0.25) is 10.1 Å². The van der Waals surface area contributed by atoms with Crippen molar-refractivity contribution in [3.8, 4) is 0 Å². The first-order valence-corrected chi connectivity index (χ1v) is 35.6. The van der Waals surface area contributed by atoms with Crippen LogP contribution < -0.4 is 31.8 Å². The van der Waals surface area contributed by atoms with E-state index in [0.29, 0.717) is 5.19 Å². The van der Waals surface area contributed by atoms with Crippen molar-refractivity contribution in [3.63, 3.8) is 0 Å². The number of carboxylic acid groups (broad SMARTS) is 9. The summed E-state index contributed by atoms with van der Waals surface area (Å²) >= 11 is 0. The minimum atomic E-state index is -3.81. The SMILES string of the molecule is CC(C)(C)[Si](F)(c1ccc(C(=O)N[C@H](CNC(=O)CC[C@H](C(=O)O)N2CCN(CC(=O)O)CCN(CC(=O)O)CCN(CC(=O)O)CC2)C(=O)N[C@@H](CCCCNC(=O)CCC(=O)CCCC[C@@H](NC(=O)CC[C@H](CC(=O)C[C@@H](CCC(=O)O)C(=O)O)C(=O)O)C(=O)O)C(=O)O)cc1)C(C)(C)C. The number of amides is 5. The number of carbonyl (C=O) groups is 16. The van der Waals surface area contributed by atoms with Crippen molar-refractivity contribution in [3.05, 3.63) is 29.8 Å². The molecule has 6 atom stereocenters. The van der Waals surface area contributed by atoms with E-state index in [-0.39, 0.29) is 141 Å². The third kappa shape index (κ3) is 33.3. The summed E-state index contributed by atoms with van der Waals surface area (Å²) < 4.78 is 17.2. The fraction of sp³-hybridized carbons (Fsp3) is 0.667. The number of hydrogen-bond donors (Lipinski definition) is 14. The van der Waals surface area contributed by atoms with Gasteiger partial charge in [-0.15, -0.1) is 0 Å². The van der Waals surface area contributed by atoms with Gasteiger partial charge >= 0.3 is 53.7 Å². The molecule has 1 aliphatic rings. The van der Waals surface area contributed by atoms with Crippen molar-refractivity contribution in [1.82, 2.24) is 46.2 Å². The summed E-state index contributed by atoms with van der Waals surface area (Å²) in [6.07, 6.45) is -4.24. The quantitative estimate of drug-likeness (QED) is 0.0246. The van der Waals surface area contributed by atoms with Crippen LogP contribution in [-0.2, 0) is 71.9 Å². The highest BCUT2D eigenvalue weighted by Gasteiger charge is 2.56. The summed E-state index contributed by atoms with van der Waals surface area (Å²) in [7, 11) is -3.81. The van der Waals surface area contributed by atoms with E-state index in [2.05, 4.69) is 26.6 Å². The topological polar surface area (TPSA) is 528 Å². The van der Waals surface area contributed by atoms with E-state index >= 15 is 4.11 Å². The normalized spacial score (nSPS) is 15.8. The maximum Gasteiger partial charge on any atom is 0.326 e. The number of rotatable bonds is 46. The van der Waals surface area contributed by atoms with Gasteiger partial charge in [0.2, 0.25) is 23.6 Å². The first kappa shape index (κ1) is 89.2. The molecule has 572 valence electrons. The number of unbranched alkanes of at least 4 members (excludes halogenated alkanes) is 2. The summed E-state index contributed by atoms with van der Waals surface area (Å²) in [6, 6.07) is -0.401. The molecule has 0 aliphatic carbocycles. The van der Waals surface area contributed by atoms with E-state index in [9.17, 15) is 118 Å². The van der Waals surface area contributed by atoms with Crippen molar-refractivity contribution in [2.75, 3.05) is 85.1 Å². The molecule has 1 aromatic rings. The average molecular weight is 1470 g/mol. The van der Waals surface area contributed by atoms with Gasteiger partial charge in [0.25, 0.3) is 14.3 Å². The molecule has 1 aliphatic heterocycles. The van der Waals surface area contributed by atoms with Crippen molar-refractivity contribution in [1.29, 1.82) is 0 Å². The molecule has 1 saturated heterocycles. The summed E-state index contributed by atoms with van der Waals surface area (Å²) in [6.45, 7) is 8.74. The van der Waals surface area contributed by atoms with Crippen molar-refractivity contribution >= 4 is 108 Å². The number of nitrogens with one attached hydrogen (secondary N) is 5. The molecule has 0 unspecified atom stereocenters. The monoisotopic (exact) mass is 1470 g/mol. The molecule has 1 aromatic carbocycles. The van der Waals surface area contributed by atoms with Crippen LogP contribution in [0.5, 0.6) is 0 Å². The van der Waals surface area contributed by atoms with Gasteiger partial charge in [0.1, 0.15) is 35.7 Å². The Hall–Kier alpha value is -8.87. The zero-order chi connectivity index (χ0) is 77.2. The van der Waals surface area contributed by atoms with E-state index < -0.39 is 208 Å². The smallest absolute Gasteiger partial charge is 0.326 e. The highest BCUT2D eigenvalue weighted by molar-refractivity contribution is 6.90. The number of hydrogen-bond acceptors (Lipinski definition) is 20. The van der Waals surface area contributed by atoms with Crippen LogP contribution >= 0.6 is 0 Å². The summed E-state index contributed by atoms with van der Waals surface area (Å²) in [4.78, 5) is 205. The van der Waals surface area contributed by atoms with E-state index in [1.54, 1.807) is 41.5 Å². The fourth-order valence-corrected chi connectivity index (χ4v) is 16.6. The molecule has 0 radical (unpaired) electrons. The Kier molecular flexibility index (Phi) is 38.3. The second kappa shape index (κ2) is 43.8. The number of carboxylic acids is 9. The summed E-state index contributed by atoms with van der Waals surface area (Å²) in [5.74, 6) is -20.1.